The molecule has 0 rings (SSSR count). The second-order valence-electron chi connectivity index (χ2n) is 6.05. The molecule has 0 aliphatic carbocycles. The van der Waals surface area contributed by atoms with Crippen LogP contribution in [0.4, 0.5) is 0 Å². The van der Waals surface area contributed by atoms with Gasteiger partial charge in [-0.05, 0) is 52.0 Å². The largest absolute Gasteiger partial charge is 0.478 e. The van der Waals surface area contributed by atoms with Gasteiger partial charge in [-0.3, -0.25) is 0 Å². The molecule has 116 valence electrons. The van der Waals surface area contributed by atoms with Gasteiger partial charge in [-0.25, -0.2) is 4.79 Å². The zero-order valence-electron chi connectivity index (χ0n) is 13.6. The fourth-order valence-electron chi connectivity index (χ4n) is 2.19. The highest BCUT2D eigenvalue weighted by Gasteiger charge is 2.17. The second-order valence-corrected chi connectivity index (χ2v) is 6.05. The van der Waals surface area contributed by atoms with Crippen LogP contribution in [0.2, 0.25) is 0 Å². The number of carboxylic acid groups (broad SMARTS) is 1. The quantitative estimate of drug-likeness (QED) is 0.471. The number of allylic oxidation sites excluding steroid dienone is 3. The van der Waals surface area contributed by atoms with Crippen molar-refractivity contribution in [2.24, 2.45) is 5.92 Å². The first-order valence-corrected chi connectivity index (χ1v) is 7.48. The van der Waals surface area contributed by atoms with Crippen LogP contribution >= 0.6 is 0 Å². The van der Waals surface area contributed by atoms with Gasteiger partial charge >= 0.3 is 5.97 Å². The van der Waals surface area contributed by atoms with Crippen molar-refractivity contribution in [1.82, 2.24) is 0 Å². The summed E-state index contributed by atoms with van der Waals surface area (Å²) in [5, 5.41) is 8.61. The van der Waals surface area contributed by atoms with Crippen LogP contribution in [0.5, 0.6) is 0 Å². The molecule has 0 spiro atoms. The van der Waals surface area contributed by atoms with Gasteiger partial charge < -0.3 is 9.84 Å². The van der Waals surface area contributed by atoms with E-state index in [-0.39, 0.29) is 5.60 Å². The molecule has 0 aromatic heterocycles. The van der Waals surface area contributed by atoms with Gasteiger partial charge in [0.2, 0.25) is 0 Å². The fourth-order valence-corrected chi connectivity index (χ4v) is 2.19. The van der Waals surface area contributed by atoms with Crippen molar-refractivity contribution in [3.63, 3.8) is 0 Å². The molecular formula is C17H30O3. The topological polar surface area (TPSA) is 46.5 Å². The van der Waals surface area contributed by atoms with E-state index >= 15 is 0 Å². The van der Waals surface area contributed by atoms with E-state index in [1.165, 1.54) is 12.5 Å². The third-order valence-corrected chi connectivity index (χ3v) is 3.28. The monoisotopic (exact) mass is 282 g/mol. The maximum Gasteiger partial charge on any atom is 0.328 e. The van der Waals surface area contributed by atoms with Crippen LogP contribution in [-0.4, -0.2) is 23.3 Å². The lowest BCUT2D eigenvalue weighted by molar-refractivity contribution is -0.131. The lowest BCUT2D eigenvalue weighted by Gasteiger charge is -2.25. The van der Waals surface area contributed by atoms with Crippen molar-refractivity contribution >= 4 is 5.97 Å². The van der Waals surface area contributed by atoms with Crippen molar-refractivity contribution in [2.45, 2.75) is 65.9 Å². The smallest absolute Gasteiger partial charge is 0.328 e. The highest BCUT2D eigenvalue weighted by molar-refractivity contribution is 5.81. The molecule has 0 aliphatic rings. The van der Waals surface area contributed by atoms with Gasteiger partial charge in [0.25, 0.3) is 0 Å². The lowest BCUT2D eigenvalue weighted by atomic mass is 9.94. The van der Waals surface area contributed by atoms with Crippen molar-refractivity contribution in [3.05, 3.63) is 23.8 Å². The first-order chi connectivity index (χ1) is 9.26. The first kappa shape index (κ1) is 18.9. The molecule has 0 heterocycles. The number of hydrogen-bond acceptors (Lipinski definition) is 2. The van der Waals surface area contributed by atoms with Crippen LogP contribution in [0.3, 0.4) is 0 Å². The average Bonchev–Trinajstić information content (AvgIpc) is 2.27. The van der Waals surface area contributed by atoms with Crippen molar-refractivity contribution in [1.29, 1.82) is 0 Å². The van der Waals surface area contributed by atoms with Crippen molar-refractivity contribution < 1.29 is 14.6 Å². The fraction of sp³-hybridized carbons (Fsp3) is 0.706. The van der Waals surface area contributed by atoms with Crippen LogP contribution in [0.15, 0.2) is 23.8 Å². The molecule has 0 aliphatic heterocycles. The highest BCUT2D eigenvalue weighted by Crippen LogP contribution is 2.21. The Morgan fingerprint density at radius 3 is 2.60 bits per heavy atom. The Balaban J connectivity index is 3.93. The maximum absolute atomic E-state index is 10.5. The Morgan fingerprint density at radius 1 is 1.40 bits per heavy atom. The van der Waals surface area contributed by atoms with Gasteiger partial charge in [0, 0.05) is 12.7 Å². The van der Waals surface area contributed by atoms with Crippen LogP contribution in [0.1, 0.15) is 60.3 Å². The first-order valence-electron chi connectivity index (χ1n) is 7.48. The van der Waals surface area contributed by atoms with E-state index in [1.54, 1.807) is 6.92 Å². The molecule has 0 saturated carbocycles. The van der Waals surface area contributed by atoms with Gasteiger partial charge in [0.1, 0.15) is 0 Å². The van der Waals surface area contributed by atoms with Gasteiger partial charge in [0.15, 0.2) is 0 Å². The van der Waals surface area contributed by atoms with Crippen LogP contribution in [0.25, 0.3) is 0 Å². The molecule has 20 heavy (non-hydrogen) atoms. The molecule has 1 unspecified atom stereocenters. The number of aliphatic carboxylic acids is 1. The predicted octanol–water partition coefficient (Wildman–Crippen LogP) is 4.59. The zero-order chi connectivity index (χ0) is 15.6. The molecule has 0 bridgehead atoms. The van der Waals surface area contributed by atoms with E-state index in [9.17, 15) is 4.79 Å². The van der Waals surface area contributed by atoms with E-state index in [4.69, 9.17) is 9.84 Å². The normalized spacial score (nSPS) is 14.8. The number of ether oxygens (including phenoxy) is 1. The molecule has 1 N–H and O–H groups in total. The summed E-state index contributed by atoms with van der Waals surface area (Å²) >= 11 is 0. The van der Waals surface area contributed by atoms with E-state index in [0.29, 0.717) is 5.92 Å². The SMILES string of the molecule is CCOC(C)(C)CCCC(C)C/C=C/C(C)=C/C(=O)O. The van der Waals surface area contributed by atoms with Gasteiger partial charge in [0.05, 0.1) is 5.60 Å². The van der Waals surface area contributed by atoms with E-state index < -0.39 is 5.97 Å². The average molecular weight is 282 g/mol. The minimum absolute atomic E-state index is 0.0227. The molecule has 0 saturated heterocycles. The summed E-state index contributed by atoms with van der Waals surface area (Å²) < 4.78 is 5.68. The maximum atomic E-state index is 10.5. The third-order valence-electron chi connectivity index (χ3n) is 3.28. The van der Waals surface area contributed by atoms with Crippen molar-refractivity contribution in [2.75, 3.05) is 6.61 Å². The Bertz CT molecular complexity index is 340. The number of carbonyl (C=O) groups is 1. The summed E-state index contributed by atoms with van der Waals surface area (Å²) in [4.78, 5) is 10.5. The lowest BCUT2D eigenvalue weighted by Crippen LogP contribution is -2.24. The van der Waals surface area contributed by atoms with E-state index in [1.807, 2.05) is 13.0 Å². The Labute approximate surface area is 123 Å². The summed E-state index contributed by atoms with van der Waals surface area (Å²) in [5.41, 5.74) is 0.757. The molecular weight excluding hydrogens is 252 g/mol. The van der Waals surface area contributed by atoms with Gasteiger partial charge in [-0.2, -0.15) is 0 Å². The molecule has 3 heteroatoms. The zero-order valence-corrected chi connectivity index (χ0v) is 13.6. The van der Waals surface area contributed by atoms with Crippen LogP contribution in [0, 0.1) is 5.92 Å². The van der Waals surface area contributed by atoms with Crippen LogP contribution < -0.4 is 0 Å². The van der Waals surface area contributed by atoms with Gasteiger partial charge in [-0.15, -0.1) is 0 Å². The second kappa shape index (κ2) is 9.76. The summed E-state index contributed by atoms with van der Waals surface area (Å²) in [6.45, 7) is 11.1. The molecule has 0 amide bonds. The summed E-state index contributed by atoms with van der Waals surface area (Å²) in [7, 11) is 0. The molecule has 0 radical (unpaired) electrons. The Hall–Kier alpha value is -1.09. The number of hydrogen-bond donors (Lipinski definition) is 1. The summed E-state index contributed by atoms with van der Waals surface area (Å²) in [6.07, 6.45) is 9.56. The Kier molecular flexibility index (Phi) is 9.23. The number of carboxylic acids is 1. The van der Waals surface area contributed by atoms with Crippen molar-refractivity contribution in [3.8, 4) is 0 Å². The third kappa shape index (κ3) is 10.8. The minimum atomic E-state index is -0.890. The predicted molar refractivity (Wildman–Crippen MR) is 83.9 cm³/mol. The Morgan fingerprint density at radius 2 is 2.05 bits per heavy atom. The minimum Gasteiger partial charge on any atom is -0.478 e. The number of rotatable bonds is 10. The van der Waals surface area contributed by atoms with Crippen LogP contribution in [-0.2, 0) is 9.53 Å². The standard InChI is InChI=1S/C17H30O3/c1-6-20-17(4,5)12-8-11-14(2)9-7-10-15(3)13-16(18)19/h7,10,13-14H,6,8-9,11-12H2,1-5H3,(H,18,19)/b10-7+,15-13+. The summed E-state index contributed by atoms with van der Waals surface area (Å²) in [6, 6.07) is 0. The van der Waals surface area contributed by atoms with E-state index in [0.717, 1.165) is 31.4 Å². The van der Waals surface area contributed by atoms with E-state index in [2.05, 4.69) is 26.8 Å². The highest BCUT2D eigenvalue weighted by atomic mass is 16.5. The molecule has 0 aromatic carbocycles. The molecule has 0 aromatic rings. The van der Waals surface area contributed by atoms with Gasteiger partial charge in [-0.1, -0.05) is 31.9 Å². The molecule has 0 fully saturated rings. The summed E-state index contributed by atoms with van der Waals surface area (Å²) in [5.74, 6) is -0.278. The molecule has 3 nitrogen and oxygen atoms in total. The molecule has 1 atom stereocenters.